The van der Waals surface area contributed by atoms with Gasteiger partial charge in [-0.3, -0.25) is 4.99 Å². The molecule has 2 N–H and O–H groups in total. The zero-order chi connectivity index (χ0) is 14.8. The smallest absolute Gasteiger partial charge is 0.350 e. The largest absolute Gasteiger partial charge is 0.356 e. The molecule has 0 aromatic carbocycles. The minimum atomic E-state index is -4.42. The lowest BCUT2D eigenvalue weighted by Gasteiger charge is -2.31. The van der Waals surface area contributed by atoms with E-state index < -0.39 is 15.8 Å². The van der Waals surface area contributed by atoms with Crippen molar-refractivity contribution in [1.29, 1.82) is 0 Å². The second-order valence-corrected chi connectivity index (χ2v) is 7.17. The summed E-state index contributed by atoms with van der Waals surface area (Å²) in [6, 6.07) is 0.329. The van der Waals surface area contributed by atoms with Crippen molar-refractivity contribution >= 4 is 16.0 Å². The fraction of sp³-hybridized carbons (Fsp3) is 0.909. The average molecular weight is 310 g/mol. The van der Waals surface area contributed by atoms with E-state index in [2.05, 4.69) is 15.6 Å². The van der Waals surface area contributed by atoms with E-state index >= 15 is 0 Å². The van der Waals surface area contributed by atoms with Crippen molar-refractivity contribution in [2.24, 2.45) is 10.9 Å². The van der Waals surface area contributed by atoms with Gasteiger partial charge in [-0.25, -0.2) is 8.42 Å². The number of hydrogen-bond donors (Lipinski definition) is 2. The molecule has 0 spiro atoms. The van der Waals surface area contributed by atoms with Crippen LogP contribution < -0.4 is 10.6 Å². The number of aliphatic imine (C=N–C) groups is 1. The minimum Gasteiger partial charge on any atom is -0.356 e. The zero-order valence-corrected chi connectivity index (χ0v) is 12.2. The van der Waals surface area contributed by atoms with Crippen molar-refractivity contribution in [3.8, 4) is 0 Å². The van der Waals surface area contributed by atoms with Crippen molar-refractivity contribution in [3.63, 3.8) is 0 Å². The number of alkyl halides is 2. The topological polar surface area (TPSA) is 73.8 Å². The number of guanidine groups is 1. The fourth-order valence-corrected chi connectivity index (χ4v) is 3.33. The van der Waals surface area contributed by atoms with Crippen molar-refractivity contribution < 1.29 is 17.2 Å². The Hall–Kier alpha value is -0.960. The van der Waals surface area contributed by atoms with Gasteiger partial charge in [-0.05, 0) is 25.7 Å². The van der Waals surface area contributed by atoms with Gasteiger partial charge >= 0.3 is 5.76 Å². The second-order valence-electron chi connectivity index (χ2n) is 5.26. The Morgan fingerprint density at radius 2 is 2.10 bits per heavy atom. The molecule has 0 aliphatic carbocycles. The molecule has 0 radical (unpaired) electrons. The number of piperidine rings is 1. The number of nitrogens with one attached hydrogen (secondary N) is 2. The first kappa shape index (κ1) is 15.4. The third kappa shape index (κ3) is 3.57. The van der Waals surface area contributed by atoms with E-state index in [0.717, 1.165) is 16.8 Å². The molecular formula is C11H20F2N4O2S. The van der Waals surface area contributed by atoms with E-state index in [4.69, 9.17) is 0 Å². The lowest BCUT2D eigenvalue weighted by atomic mass is 9.98. The van der Waals surface area contributed by atoms with E-state index in [9.17, 15) is 17.2 Å². The van der Waals surface area contributed by atoms with Crippen LogP contribution in [0.25, 0.3) is 0 Å². The summed E-state index contributed by atoms with van der Waals surface area (Å²) in [4.78, 5) is 4.27. The molecule has 20 heavy (non-hydrogen) atoms. The van der Waals surface area contributed by atoms with E-state index in [-0.39, 0.29) is 19.0 Å². The highest BCUT2D eigenvalue weighted by Crippen LogP contribution is 2.22. The standard InChI is InChI=1S/C11H20F2N4O2S/c1-8-6-14-11(16-8)15-7-9-2-4-17(5-3-9)20(18,19)10(12)13/h8-10H,2-7H2,1H3,(H2,14,15,16). The van der Waals surface area contributed by atoms with Crippen LogP contribution in [0.5, 0.6) is 0 Å². The molecule has 2 aliphatic rings. The molecule has 1 unspecified atom stereocenters. The van der Waals surface area contributed by atoms with Gasteiger partial charge in [0.1, 0.15) is 0 Å². The maximum absolute atomic E-state index is 12.4. The van der Waals surface area contributed by atoms with Crippen molar-refractivity contribution in [2.75, 3.05) is 26.2 Å². The molecule has 0 amide bonds. The number of rotatable bonds is 4. The van der Waals surface area contributed by atoms with Gasteiger partial charge in [-0.2, -0.15) is 13.1 Å². The molecular weight excluding hydrogens is 290 g/mol. The Bertz CT molecular complexity index is 461. The Labute approximate surface area is 117 Å². The lowest BCUT2D eigenvalue weighted by molar-refractivity contribution is 0.204. The van der Waals surface area contributed by atoms with Crippen LogP contribution in [0.2, 0.25) is 0 Å². The quantitative estimate of drug-likeness (QED) is 0.777. The Morgan fingerprint density at radius 1 is 1.45 bits per heavy atom. The highest BCUT2D eigenvalue weighted by atomic mass is 32.2. The molecule has 0 aromatic rings. The van der Waals surface area contributed by atoms with Gasteiger partial charge in [-0.15, -0.1) is 0 Å². The molecule has 2 aliphatic heterocycles. The molecule has 116 valence electrons. The monoisotopic (exact) mass is 310 g/mol. The van der Waals surface area contributed by atoms with E-state index in [0.29, 0.717) is 25.4 Å². The van der Waals surface area contributed by atoms with Crippen LogP contribution in [0.1, 0.15) is 19.8 Å². The molecule has 2 heterocycles. The normalized spacial score (nSPS) is 25.6. The van der Waals surface area contributed by atoms with Gasteiger partial charge < -0.3 is 10.6 Å². The summed E-state index contributed by atoms with van der Waals surface area (Å²) >= 11 is 0. The van der Waals surface area contributed by atoms with Crippen LogP contribution >= 0.6 is 0 Å². The summed E-state index contributed by atoms with van der Waals surface area (Å²) in [5, 5.41) is 6.36. The van der Waals surface area contributed by atoms with Gasteiger partial charge in [-0.1, -0.05) is 0 Å². The van der Waals surface area contributed by atoms with Crippen LogP contribution in [-0.2, 0) is 10.0 Å². The van der Waals surface area contributed by atoms with Crippen molar-refractivity contribution in [1.82, 2.24) is 14.9 Å². The van der Waals surface area contributed by atoms with Crippen LogP contribution in [0.3, 0.4) is 0 Å². The van der Waals surface area contributed by atoms with Crippen molar-refractivity contribution in [2.45, 2.75) is 31.6 Å². The number of hydrogen-bond acceptors (Lipinski definition) is 5. The van der Waals surface area contributed by atoms with Gasteiger partial charge in [0, 0.05) is 25.7 Å². The molecule has 0 bridgehead atoms. The van der Waals surface area contributed by atoms with E-state index in [1.165, 1.54) is 0 Å². The van der Waals surface area contributed by atoms with Crippen LogP contribution in [-0.4, -0.2) is 56.7 Å². The molecule has 1 fully saturated rings. The van der Waals surface area contributed by atoms with Crippen LogP contribution in [0.15, 0.2) is 4.99 Å². The van der Waals surface area contributed by atoms with Gasteiger partial charge in [0.05, 0.1) is 6.54 Å². The van der Waals surface area contributed by atoms with Crippen LogP contribution in [0, 0.1) is 5.92 Å². The summed E-state index contributed by atoms with van der Waals surface area (Å²) in [5.74, 6) is -2.28. The van der Waals surface area contributed by atoms with Crippen molar-refractivity contribution in [3.05, 3.63) is 0 Å². The summed E-state index contributed by atoms with van der Waals surface area (Å²) < 4.78 is 48.4. The molecule has 6 nitrogen and oxygen atoms in total. The first-order chi connectivity index (χ1) is 9.39. The first-order valence-electron chi connectivity index (χ1n) is 6.71. The van der Waals surface area contributed by atoms with Crippen LogP contribution in [0.4, 0.5) is 8.78 Å². The third-order valence-electron chi connectivity index (χ3n) is 3.62. The molecule has 0 aromatic heterocycles. The molecule has 1 atom stereocenters. The lowest BCUT2D eigenvalue weighted by Crippen LogP contribution is -2.45. The SMILES string of the molecule is CC1CN=C(NCC2CCN(S(=O)(=O)C(F)F)CC2)N1. The average Bonchev–Trinajstić information content (AvgIpc) is 2.82. The first-order valence-corrected chi connectivity index (χ1v) is 8.22. The highest BCUT2D eigenvalue weighted by molar-refractivity contribution is 7.89. The number of sulfonamides is 1. The van der Waals surface area contributed by atoms with E-state index in [1.54, 1.807) is 0 Å². The highest BCUT2D eigenvalue weighted by Gasteiger charge is 2.34. The maximum Gasteiger partial charge on any atom is 0.350 e. The predicted molar refractivity (Wildman–Crippen MR) is 72.1 cm³/mol. The minimum absolute atomic E-state index is 0.162. The molecule has 0 saturated carbocycles. The predicted octanol–water partition coefficient (Wildman–Crippen LogP) is 0.188. The van der Waals surface area contributed by atoms with E-state index in [1.807, 2.05) is 6.92 Å². The molecule has 1 saturated heterocycles. The van der Waals surface area contributed by atoms with Gasteiger partial charge in [0.15, 0.2) is 5.96 Å². The molecule has 2 rings (SSSR count). The fourth-order valence-electron chi connectivity index (χ4n) is 2.38. The Kier molecular flexibility index (Phi) is 4.79. The van der Waals surface area contributed by atoms with Gasteiger partial charge in [0.25, 0.3) is 10.0 Å². The summed E-state index contributed by atoms with van der Waals surface area (Å²) in [6.07, 6.45) is 1.17. The third-order valence-corrected chi connectivity index (χ3v) is 5.16. The Balaban J connectivity index is 1.75. The summed E-state index contributed by atoms with van der Waals surface area (Å²) in [6.45, 7) is 3.78. The maximum atomic E-state index is 12.4. The number of nitrogens with zero attached hydrogens (tertiary/aromatic N) is 2. The second kappa shape index (κ2) is 6.21. The van der Waals surface area contributed by atoms with Gasteiger partial charge in [0.2, 0.25) is 0 Å². The number of halogens is 2. The summed E-state index contributed by atoms with van der Waals surface area (Å²) in [5.41, 5.74) is 0. The zero-order valence-electron chi connectivity index (χ0n) is 11.3. The summed E-state index contributed by atoms with van der Waals surface area (Å²) in [7, 11) is -4.42. The Morgan fingerprint density at radius 3 is 2.60 bits per heavy atom. The molecule has 9 heteroatoms.